The van der Waals surface area contributed by atoms with E-state index in [0.29, 0.717) is 33.0 Å². The number of nitrogens with one attached hydrogen (secondary N) is 1. The van der Waals surface area contributed by atoms with Crippen LogP contribution in [0.25, 0.3) is 22.9 Å². The van der Waals surface area contributed by atoms with E-state index in [-0.39, 0.29) is 5.56 Å². The largest absolute Gasteiger partial charge is 0.305 e. The highest BCUT2D eigenvalue weighted by molar-refractivity contribution is 6.31. The summed E-state index contributed by atoms with van der Waals surface area (Å²) in [6.07, 6.45) is 3.10. The van der Waals surface area contributed by atoms with E-state index < -0.39 is 0 Å². The second kappa shape index (κ2) is 5.63. The molecule has 21 heavy (non-hydrogen) atoms. The molecule has 0 aromatic carbocycles. The minimum absolute atomic E-state index is 0.307. The van der Waals surface area contributed by atoms with Gasteiger partial charge in [0.2, 0.25) is 0 Å². The second-order valence-electron chi connectivity index (χ2n) is 4.20. The Morgan fingerprint density at radius 3 is 2.14 bits per heavy atom. The van der Waals surface area contributed by atoms with E-state index in [1.165, 1.54) is 6.07 Å². The number of aromatic amines is 1. The van der Waals surface area contributed by atoms with Gasteiger partial charge in [-0.25, -0.2) is 4.98 Å². The monoisotopic (exact) mass is 318 g/mol. The molecular formula is C14H8Cl2N4O. The number of nitrogens with zero attached hydrogens (tertiary/aromatic N) is 3. The van der Waals surface area contributed by atoms with E-state index >= 15 is 0 Å². The third-order valence-electron chi connectivity index (χ3n) is 2.69. The van der Waals surface area contributed by atoms with E-state index in [0.717, 1.165) is 0 Å². The topological polar surface area (TPSA) is 71.5 Å². The van der Waals surface area contributed by atoms with Gasteiger partial charge in [0, 0.05) is 28.5 Å². The number of halogens is 2. The lowest BCUT2D eigenvalue weighted by Gasteiger charge is -2.04. The van der Waals surface area contributed by atoms with Crippen molar-refractivity contribution in [2.75, 3.05) is 0 Å². The lowest BCUT2D eigenvalue weighted by Crippen LogP contribution is -2.09. The van der Waals surface area contributed by atoms with Gasteiger partial charge in [-0.1, -0.05) is 23.2 Å². The van der Waals surface area contributed by atoms with Crippen molar-refractivity contribution in [1.29, 1.82) is 0 Å². The lowest BCUT2D eigenvalue weighted by molar-refractivity contribution is 1.10. The average Bonchev–Trinajstić information content (AvgIpc) is 2.46. The van der Waals surface area contributed by atoms with Gasteiger partial charge in [0.15, 0.2) is 5.82 Å². The Morgan fingerprint density at radius 2 is 1.48 bits per heavy atom. The SMILES string of the molecule is O=c1cc(-c2cc(Cl)ccn2)nc(-c2cc(Cl)ccn2)[nH]1. The van der Waals surface area contributed by atoms with Crippen molar-refractivity contribution >= 4 is 23.2 Å². The predicted octanol–water partition coefficient (Wildman–Crippen LogP) is 3.20. The molecule has 0 aliphatic heterocycles. The van der Waals surface area contributed by atoms with Crippen LogP contribution in [0.5, 0.6) is 0 Å². The van der Waals surface area contributed by atoms with Crippen LogP contribution >= 0.6 is 23.2 Å². The summed E-state index contributed by atoms with van der Waals surface area (Å²) in [5, 5.41) is 1.03. The maximum atomic E-state index is 11.8. The highest BCUT2D eigenvalue weighted by Crippen LogP contribution is 2.20. The zero-order valence-corrected chi connectivity index (χ0v) is 12.1. The quantitative estimate of drug-likeness (QED) is 0.787. The van der Waals surface area contributed by atoms with Gasteiger partial charge in [0.1, 0.15) is 5.69 Å². The van der Waals surface area contributed by atoms with Crippen molar-refractivity contribution in [2.45, 2.75) is 0 Å². The van der Waals surface area contributed by atoms with Crippen LogP contribution in [-0.2, 0) is 0 Å². The van der Waals surface area contributed by atoms with Crippen LogP contribution < -0.4 is 5.56 Å². The smallest absolute Gasteiger partial charge is 0.251 e. The Labute approximate surface area is 129 Å². The van der Waals surface area contributed by atoms with E-state index in [1.54, 1.807) is 36.7 Å². The molecule has 7 heteroatoms. The molecule has 3 heterocycles. The molecule has 0 radical (unpaired) electrons. The normalized spacial score (nSPS) is 10.6. The molecule has 0 aliphatic rings. The highest BCUT2D eigenvalue weighted by atomic mass is 35.5. The molecule has 0 fully saturated rings. The number of rotatable bonds is 2. The van der Waals surface area contributed by atoms with Gasteiger partial charge in [-0.15, -0.1) is 0 Å². The molecule has 0 atom stereocenters. The molecule has 3 rings (SSSR count). The molecule has 1 N–H and O–H groups in total. The van der Waals surface area contributed by atoms with E-state index in [2.05, 4.69) is 19.9 Å². The molecule has 0 unspecified atom stereocenters. The van der Waals surface area contributed by atoms with Crippen molar-refractivity contribution in [2.24, 2.45) is 0 Å². The molecule has 5 nitrogen and oxygen atoms in total. The summed E-state index contributed by atoms with van der Waals surface area (Å²) in [5.41, 5.74) is 1.09. The van der Waals surface area contributed by atoms with Gasteiger partial charge >= 0.3 is 0 Å². The first-order chi connectivity index (χ1) is 10.1. The minimum atomic E-state index is -0.307. The van der Waals surface area contributed by atoms with Gasteiger partial charge in [-0.05, 0) is 24.3 Å². The molecule has 0 spiro atoms. The van der Waals surface area contributed by atoms with E-state index in [1.807, 2.05) is 0 Å². The van der Waals surface area contributed by atoms with Crippen molar-refractivity contribution in [1.82, 2.24) is 19.9 Å². The first-order valence-corrected chi connectivity index (χ1v) is 6.72. The number of hydrogen-bond acceptors (Lipinski definition) is 4. The van der Waals surface area contributed by atoms with Crippen LogP contribution in [-0.4, -0.2) is 19.9 Å². The fraction of sp³-hybridized carbons (Fsp3) is 0. The fourth-order valence-electron chi connectivity index (χ4n) is 1.79. The van der Waals surface area contributed by atoms with Crippen molar-refractivity contribution in [3.05, 3.63) is 63.1 Å². The average molecular weight is 319 g/mol. The maximum absolute atomic E-state index is 11.8. The molecule has 3 aromatic rings. The Kier molecular flexibility index (Phi) is 3.68. The summed E-state index contributed by atoms with van der Waals surface area (Å²) in [4.78, 5) is 27.1. The number of hydrogen-bond donors (Lipinski definition) is 1. The predicted molar refractivity (Wildman–Crippen MR) is 81.3 cm³/mol. The summed E-state index contributed by atoms with van der Waals surface area (Å²) < 4.78 is 0. The first-order valence-electron chi connectivity index (χ1n) is 5.97. The molecule has 0 bridgehead atoms. The van der Waals surface area contributed by atoms with Crippen LogP contribution in [0.15, 0.2) is 47.5 Å². The molecule has 104 valence electrons. The zero-order valence-electron chi connectivity index (χ0n) is 10.5. The van der Waals surface area contributed by atoms with Gasteiger partial charge < -0.3 is 4.98 Å². The fourth-order valence-corrected chi connectivity index (χ4v) is 2.11. The summed E-state index contributed by atoms with van der Waals surface area (Å²) in [6, 6.07) is 7.91. The van der Waals surface area contributed by atoms with Crippen molar-refractivity contribution in [3.8, 4) is 22.9 Å². The third-order valence-corrected chi connectivity index (χ3v) is 3.16. The molecule has 0 saturated carbocycles. The maximum Gasteiger partial charge on any atom is 0.251 e. The van der Waals surface area contributed by atoms with Crippen LogP contribution in [0.3, 0.4) is 0 Å². The van der Waals surface area contributed by atoms with E-state index in [9.17, 15) is 4.79 Å². The van der Waals surface area contributed by atoms with Crippen molar-refractivity contribution in [3.63, 3.8) is 0 Å². The van der Waals surface area contributed by atoms with Gasteiger partial charge in [0.05, 0.1) is 11.4 Å². The molecule has 0 saturated heterocycles. The Hall–Kier alpha value is -2.24. The molecule has 0 amide bonds. The minimum Gasteiger partial charge on any atom is -0.305 e. The summed E-state index contributed by atoms with van der Waals surface area (Å²) in [6.45, 7) is 0. The number of pyridine rings is 2. The molecular weight excluding hydrogens is 311 g/mol. The van der Waals surface area contributed by atoms with Gasteiger partial charge in [-0.2, -0.15) is 0 Å². The Balaban J connectivity index is 2.15. The van der Waals surface area contributed by atoms with Crippen LogP contribution in [0, 0.1) is 0 Å². The zero-order chi connectivity index (χ0) is 14.8. The van der Waals surface area contributed by atoms with Crippen LogP contribution in [0.1, 0.15) is 0 Å². The van der Waals surface area contributed by atoms with Crippen molar-refractivity contribution < 1.29 is 0 Å². The Morgan fingerprint density at radius 1 is 0.857 bits per heavy atom. The summed E-state index contributed by atoms with van der Waals surface area (Å²) in [5.74, 6) is 0.321. The summed E-state index contributed by atoms with van der Waals surface area (Å²) >= 11 is 11.9. The van der Waals surface area contributed by atoms with E-state index in [4.69, 9.17) is 23.2 Å². The lowest BCUT2D eigenvalue weighted by atomic mass is 10.2. The highest BCUT2D eigenvalue weighted by Gasteiger charge is 2.09. The molecule has 3 aromatic heterocycles. The Bertz CT molecular complexity index is 797. The van der Waals surface area contributed by atoms with Crippen LogP contribution in [0.4, 0.5) is 0 Å². The van der Waals surface area contributed by atoms with Gasteiger partial charge in [0.25, 0.3) is 5.56 Å². The standard InChI is InChI=1S/C14H8Cl2N4O/c15-8-1-3-17-10(5-8)11-7-13(21)20-14(19-11)12-6-9(16)2-4-18-12/h1-7H,(H,19,20,21). The number of H-pyrrole nitrogens is 1. The van der Waals surface area contributed by atoms with Gasteiger partial charge in [-0.3, -0.25) is 14.8 Å². The third kappa shape index (κ3) is 3.09. The first kappa shape index (κ1) is 13.7. The summed E-state index contributed by atoms with van der Waals surface area (Å²) in [7, 11) is 0. The number of aromatic nitrogens is 4. The second-order valence-corrected chi connectivity index (χ2v) is 5.07. The van der Waals surface area contributed by atoms with Crippen LogP contribution in [0.2, 0.25) is 10.0 Å². The molecule has 0 aliphatic carbocycles.